The smallest absolute Gasteiger partial charge is 0.254 e. The Balaban J connectivity index is 2.58. The van der Waals surface area contributed by atoms with Crippen LogP contribution in [0.4, 0.5) is 4.39 Å². The van der Waals surface area contributed by atoms with Gasteiger partial charge in [0.05, 0.1) is 23.7 Å². The zero-order valence-electron chi connectivity index (χ0n) is 13.1. The van der Waals surface area contributed by atoms with Crippen molar-refractivity contribution in [3.05, 3.63) is 29.6 Å². The Bertz CT molecular complexity index is 622. The van der Waals surface area contributed by atoms with Gasteiger partial charge in [0.25, 0.3) is 5.91 Å². The molecule has 0 atom stereocenters. The fourth-order valence-corrected chi connectivity index (χ4v) is 2.43. The summed E-state index contributed by atoms with van der Waals surface area (Å²) in [6, 6.07) is 3.06. The molecule has 0 aliphatic carbocycles. The quantitative estimate of drug-likeness (QED) is 0.601. The van der Waals surface area contributed by atoms with Gasteiger partial charge in [-0.25, -0.2) is 17.5 Å². The van der Waals surface area contributed by atoms with E-state index in [2.05, 4.69) is 10.0 Å². The predicted molar refractivity (Wildman–Crippen MR) is 82.3 cm³/mol. The molecule has 0 spiro atoms. The molecule has 130 valence electrons. The van der Waals surface area contributed by atoms with Crippen LogP contribution in [0, 0.1) is 5.82 Å². The maximum absolute atomic E-state index is 13.7. The zero-order valence-corrected chi connectivity index (χ0v) is 13.9. The Morgan fingerprint density at radius 3 is 2.65 bits per heavy atom. The summed E-state index contributed by atoms with van der Waals surface area (Å²) in [5.74, 6) is -1.46. The minimum atomic E-state index is -3.74. The molecule has 0 aliphatic rings. The highest BCUT2D eigenvalue weighted by atomic mass is 32.2. The Hall–Kier alpha value is -1.55. The lowest BCUT2D eigenvalue weighted by Crippen LogP contribution is -2.27. The second kappa shape index (κ2) is 9.56. The first kappa shape index (κ1) is 19.5. The van der Waals surface area contributed by atoms with E-state index in [1.807, 2.05) is 0 Å². The molecule has 2 N–H and O–H groups in total. The van der Waals surface area contributed by atoms with Crippen molar-refractivity contribution in [2.45, 2.75) is 11.3 Å². The minimum Gasteiger partial charge on any atom is -0.382 e. The summed E-state index contributed by atoms with van der Waals surface area (Å²) in [7, 11) is -0.929. The molecule has 0 radical (unpaired) electrons. The summed E-state index contributed by atoms with van der Waals surface area (Å²) >= 11 is 0. The van der Waals surface area contributed by atoms with Crippen LogP contribution in [0.2, 0.25) is 0 Å². The van der Waals surface area contributed by atoms with E-state index in [1.165, 1.54) is 7.05 Å². The van der Waals surface area contributed by atoms with E-state index in [-0.39, 0.29) is 17.0 Å². The van der Waals surface area contributed by atoms with E-state index in [1.54, 1.807) is 7.11 Å². The first-order chi connectivity index (χ1) is 10.9. The van der Waals surface area contributed by atoms with Crippen LogP contribution in [0.15, 0.2) is 23.1 Å². The van der Waals surface area contributed by atoms with Crippen LogP contribution in [0.5, 0.6) is 0 Å². The molecule has 0 saturated heterocycles. The molecule has 9 heteroatoms. The fraction of sp³-hybridized carbons (Fsp3) is 0.500. The van der Waals surface area contributed by atoms with Gasteiger partial charge in [0.15, 0.2) is 0 Å². The van der Waals surface area contributed by atoms with Crippen LogP contribution in [0.1, 0.15) is 16.8 Å². The number of amides is 1. The number of methoxy groups -OCH3 is 1. The van der Waals surface area contributed by atoms with Gasteiger partial charge in [-0.3, -0.25) is 4.79 Å². The predicted octanol–water partition coefficient (Wildman–Crippen LogP) is 0.517. The first-order valence-electron chi connectivity index (χ1n) is 7.00. The number of hydrogen-bond donors (Lipinski definition) is 2. The standard InChI is InChI=1S/C14H21FN2O5S/c1-16-23(19,20)11-4-5-13(15)12(10-11)14(18)17-6-3-7-22-9-8-21-2/h4-5,10,16H,3,6-9H2,1-2H3,(H,17,18). The number of carbonyl (C=O) groups excluding carboxylic acids is 1. The average molecular weight is 348 g/mol. The van der Waals surface area contributed by atoms with Gasteiger partial charge < -0.3 is 14.8 Å². The van der Waals surface area contributed by atoms with Gasteiger partial charge in [0.1, 0.15) is 5.82 Å². The van der Waals surface area contributed by atoms with E-state index in [0.29, 0.717) is 26.2 Å². The van der Waals surface area contributed by atoms with Crippen molar-refractivity contribution in [3.8, 4) is 0 Å². The topological polar surface area (TPSA) is 93.7 Å². The maximum Gasteiger partial charge on any atom is 0.254 e. The highest BCUT2D eigenvalue weighted by Gasteiger charge is 2.17. The van der Waals surface area contributed by atoms with Crippen LogP contribution < -0.4 is 10.0 Å². The van der Waals surface area contributed by atoms with E-state index in [9.17, 15) is 17.6 Å². The lowest BCUT2D eigenvalue weighted by atomic mass is 10.2. The molecule has 0 fully saturated rings. The van der Waals surface area contributed by atoms with Gasteiger partial charge in [-0.15, -0.1) is 0 Å². The number of carbonyl (C=O) groups is 1. The Morgan fingerprint density at radius 2 is 2.00 bits per heavy atom. The molecular formula is C14H21FN2O5S. The first-order valence-corrected chi connectivity index (χ1v) is 8.48. The zero-order chi connectivity index (χ0) is 17.3. The van der Waals surface area contributed by atoms with E-state index in [0.717, 1.165) is 18.2 Å². The fourth-order valence-electron chi connectivity index (χ4n) is 1.68. The molecule has 0 aliphatic heterocycles. The minimum absolute atomic E-state index is 0.172. The molecule has 1 amide bonds. The summed E-state index contributed by atoms with van der Waals surface area (Å²) in [5.41, 5.74) is -0.318. The van der Waals surface area contributed by atoms with Crippen LogP contribution in [-0.2, 0) is 19.5 Å². The van der Waals surface area contributed by atoms with Crippen molar-refractivity contribution in [1.29, 1.82) is 0 Å². The normalized spacial score (nSPS) is 11.4. The number of sulfonamides is 1. The summed E-state index contributed by atoms with van der Waals surface area (Å²) in [5, 5.41) is 2.52. The van der Waals surface area contributed by atoms with E-state index in [4.69, 9.17) is 9.47 Å². The lowest BCUT2D eigenvalue weighted by Gasteiger charge is -2.09. The highest BCUT2D eigenvalue weighted by molar-refractivity contribution is 7.89. The third-order valence-electron chi connectivity index (χ3n) is 2.94. The van der Waals surface area contributed by atoms with Gasteiger partial charge in [-0.1, -0.05) is 0 Å². The van der Waals surface area contributed by atoms with Crippen LogP contribution in [0.25, 0.3) is 0 Å². The molecule has 1 rings (SSSR count). The van der Waals surface area contributed by atoms with Crippen LogP contribution >= 0.6 is 0 Å². The monoisotopic (exact) mass is 348 g/mol. The van der Waals surface area contributed by atoms with Gasteiger partial charge in [0, 0.05) is 20.3 Å². The molecule has 0 aromatic heterocycles. The highest BCUT2D eigenvalue weighted by Crippen LogP contribution is 2.14. The molecule has 0 unspecified atom stereocenters. The number of nitrogens with one attached hydrogen (secondary N) is 2. The molecule has 0 bridgehead atoms. The van der Waals surface area contributed by atoms with Crippen LogP contribution in [0.3, 0.4) is 0 Å². The van der Waals surface area contributed by atoms with Gasteiger partial charge in [0.2, 0.25) is 10.0 Å². The maximum atomic E-state index is 13.7. The molecule has 0 heterocycles. The van der Waals surface area contributed by atoms with Gasteiger partial charge in [-0.05, 0) is 31.7 Å². The number of halogens is 1. The molecule has 1 aromatic rings. The number of benzene rings is 1. The lowest BCUT2D eigenvalue weighted by molar-refractivity contribution is 0.0688. The second-order valence-electron chi connectivity index (χ2n) is 4.56. The number of rotatable bonds is 10. The number of ether oxygens (including phenoxy) is 2. The van der Waals surface area contributed by atoms with Crippen molar-refractivity contribution in [1.82, 2.24) is 10.0 Å². The third-order valence-corrected chi connectivity index (χ3v) is 4.36. The third kappa shape index (κ3) is 6.22. The average Bonchev–Trinajstić information content (AvgIpc) is 2.54. The summed E-state index contributed by atoms with van der Waals surface area (Å²) < 4.78 is 49.2. The van der Waals surface area contributed by atoms with Crippen molar-refractivity contribution in [2.75, 3.05) is 40.5 Å². The molecule has 23 heavy (non-hydrogen) atoms. The van der Waals surface area contributed by atoms with Crippen LogP contribution in [-0.4, -0.2) is 54.8 Å². The molecule has 0 saturated carbocycles. The second-order valence-corrected chi connectivity index (χ2v) is 6.45. The Labute approximate surface area is 135 Å². The van der Waals surface area contributed by atoms with Crippen molar-refractivity contribution >= 4 is 15.9 Å². The summed E-state index contributed by atoms with van der Waals surface area (Å²) in [6.07, 6.45) is 0.547. The molecular weight excluding hydrogens is 327 g/mol. The molecule has 1 aromatic carbocycles. The Morgan fingerprint density at radius 1 is 1.26 bits per heavy atom. The van der Waals surface area contributed by atoms with Gasteiger partial charge >= 0.3 is 0 Å². The van der Waals surface area contributed by atoms with Crippen molar-refractivity contribution in [2.24, 2.45) is 0 Å². The van der Waals surface area contributed by atoms with E-state index < -0.39 is 21.7 Å². The SMILES string of the molecule is CNS(=O)(=O)c1ccc(F)c(C(=O)NCCCOCCOC)c1. The van der Waals surface area contributed by atoms with Gasteiger partial charge in [-0.2, -0.15) is 0 Å². The largest absolute Gasteiger partial charge is 0.382 e. The van der Waals surface area contributed by atoms with Crippen molar-refractivity contribution < 1.29 is 27.1 Å². The Kier molecular flexibility index (Phi) is 8.10. The number of hydrogen-bond acceptors (Lipinski definition) is 5. The summed E-state index contributed by atoms with van der Waals surface area (Å²) in [4.78, 5) is 11.8. The molecule has 7 nitrogen and oxygen atoms in total. The summed E-state index contributed by atoms with van der Waals surface area (Å²) in [6.45, 7) is 1.67. The van der Waals surface area contributed by atoms with E-state index >= 15 is 0 Å². The van der Waals surface area contributed by atoms with Crippen molar-refractivity contribution in [3.63, 3.8) is 0 Å².